The summed E-state index contributed by atoms with van der Waals surface area (Å²) in [7, 11) is 0. The van der Waals surface area contributed by atoms with E-state index in [1.165, 1.54) is 6.92 Å². The van der Waals surface area contributed by atoms with Gasteiger partial charge in [-0.15, -0.1) is 0 Å². The van der Waals surface area contributed by atoms with E-state index in [2.05, 4.69) is 5.32 Å². The number of carbonyl (C=O) groups excluding carboxylic acids is 2. The first-order valence-electron chi connectivity index (χ1n) is 6.50. The second kappa shape index (κ2) is 8.60. The van der Waals surface area contributed by atoms with E-state index in [0.717, 1.165) is 5.56 Å². The molecule has 22 heavy (non-hydrogen) atoms. The molecule has 0 spiro atoms. The van der Waals surface area contributed by atoms with Crippen LogP contribution in [0.5, 0.6) is 0 Å². The molecule has 2 atom stereocenters. The number of amides is 2. The van der Waals surface area contributed by atoms with Gasteiger partial charge in [-0.25, -0.2) is 14.0 Å². The normalized spacial score (nSPS) is 12.8. The topological polar surface area (TPSA) is 105 Å². The van der Waals surface area contributed by atoms with Crippen LogP contribution in [-0.4, -0.2) is 41.8 Å². The summed E-state index contributed by atoms with van der Waals surface area (Å²) in [5.74, 6) is -2.31. The molecular weight excluding hydrogens is 295 g/mol. The molecule has 0 aliphatic heterocycles. The molecule has 1 rings (SSSR count). The predicted molar refractivity (Wildman–Crippen MR) is 74.8 cm³/mol. The summed E-state index contributed by atoms with van der Waals surface area (Å²) >= 11 is 0. The number of carboxylic acids is 1. The SMILES string of the molecule is C[C@H](NC(=O)OCc1ccccc1)C(=O)N[C@H](CF)C(=O)O. The van der Waals surface area contributed by atoms with Crippen LogP contribution in [0.3, 0.4) is 0 Å². The summed E-state index contributed by atoms with van der Waals surface area (Å²) in [6, 6.07) is 6.23. The van der Waals surface area contributed by atoms with Gasteiger partial charge in [-0.05, 0) is 12.5 Å². The lowest BCUT2D eigenvalue weighted by molar-refractivity contribution is -0.142. The summed E-state index contributed by atoms with van der Waals surface area (Å²) in [4.78, 5) is 33.7. The average Bonchev–Trinajstić information content (AvgIpc) is 2.50. The number of hydrogen-bond donors (Lipinski definition) is 3. The number of hydrogen-bond acceptors (Lipinski definition) is 4. The molecule has 0 aromatic heterocycles. The van der Waals surface area contributed by atoms with Gasteiger partial charge in [0.05, 0.1) is 0 Å². The second-order valence-electron chi connectivity index (χ2n) is 4.48. The van der Waals surface area contributed by atoms with E-state index >= 15 is 0 Å². The standard InChI is InChI=1S/C14H17FN2O5/c1-9(12(18)17-11(7-15)13(19)20)16-14(21)22-8-10-5-3-2-4-6-10/h2-6,9,11H,7-8H2,1H3,(H,16,21)(H,17,18)(H,19,20)/t9-,11+/m0/s1. The number of aliphatic carboxylic acids is 1. The Morgan fingerprint density at radius 2 is 1.86 bits per heavy atom. The molecule has 2 amide bonds. The number of carboxylic acid groups (broad SMARTS) is 1. The Hall–Kier alpha value is -2.64. The number of carbonyl (C=O) groups is 3. The Morgan fingerprint density at radius 3 is 2.41 bits per heavy atom. The first-order chi connectivity index (χ1) is 10.4. The van der Waals surface area contributed by atoms with Crippen molar-refractivity contribution in [3.63, 3.8) is 0 Å². The van der Waals surface area contributed by atoms with Gasteiger partial charge in [0, 0.05) is 0 Å². The van der Waals surface area contributed by atoms with Gasteiger partial charge in [0.25, 0.3) is 0 Å². The van der Waals surface area contributed by atoms with E-state index in [0.29, 0.717) is 0 Å². The van der Waals surface area contributed by atoms with Crippen LogP contribution >= 0.6 is 0 Å². The lowest BCUT2D eigenvalue weighted by Crippen LogP contribution is -2.51. The molecule has 0 heterocycles. The smallest absolute Gasteiger partial charge is 0.408 e. The van der Waals surface area contributed by atoms with Crippen LogP contribution in [0, 0.1) is 0 Å². The van der Waals surface area contributed by atoms with Crippen molar-refractivity contribution in [3.05, 3.63) is 35.9 Å². The number of alkyl halides is 1. The molecule has 0 aliphatic carbocycles. The fourth-order valence-corrected chi connectivity index (χ4v) is 1.47. The zero-order valence-corrected chi connectivity index (χ0v) is 11.9. The number of alkyl carbamates (subject to hydrolysis) is 1. The monoisotopic (exact) mass is 312 g/mol. The van der Waals surface area contributed by atoms with Crippen molar-refractivity contribution in [2.45, 2.75) is 25.6 Å². The molecule has 7 nitrogen and oxygen atoms in total. The lowest BCUT2D eigenvalue weighted by Gasteiger charge is -2.16. The van der Waals surface area contributed by atoms with E-state index < -0.39 is 36.7 Å². The minimum atomic E-state index is -1.64. The van der Waals surface area contributed by atoms with Crippen LogP contribution in [-0.2, 0) is 20.9 Å². The summed E-state index contributed by atoms with van der Waals surface area (Å²) in [5, 5.41) is 12.8. The molecule has 0 fully saturated rings. The zero-order chi connectivity index (χ0) is 16.5. The van der Waals surface area contributed by atoms with Gasteiger partial charge in [-0.1, -0.05) is 30.3 Å². The number of nitrogens with one attached hydrogen (secondary N) is 2. The highest BCUT2D eigenvalue weighted by Crippen LogP contribution is 2.00. The van der Waals surface area contributed by atoms with E-state index in [-0.39, 0.29) is 6.61 Å². The minimum Gasteiger partial charge on any atom is -0.480 e. The molecule has 1 aromatic rings. The van der Waals surface area contributed by atoms with Gasteiger partial charge in [-0.2, -0.15) is 0 Å². The van der Waals surface area contributed by atoms with Gasteiger partial charge in [0.15, 0.2) is 6.04 Å². The maximum Gasteiger partial charge on any atom is 0.408 e. The molecule has 0 radical (unpaired) electrons. The number of ether oxygens (including phenoxy) is 1. The molecule has 8 heteroatoms. The Bertz CT molecular complexity index is 523. The molecule has 0 saturated carbocycles. The summed E-state index contributed by atoms with van der Waals surface area (Å²) < 4.78 is 17.3. The van der Waals surface area contributed by atoms with Gasteiger partial charge in [-0.3, -0.25) is 4.79 Å². The highest BCUT2D eigenvalue weighted by atomic mass is 19.1. The second-order valence-corrected chi connectivity index (χ2v) is 4.48. The number of halogens is 1. The van der Waals surface area contributed by atoms with Gasteiger partial charge in [0.1, 0.15) is 19.3 Å². The third kappa shape index (κ3) is 5.78. The number of rotatable bonds is 7. The molecule has 0 bridgehead atoms. The van der Waals surface area contributed by atoms with Crippen molar-refractivity contribution in [2.24, 2.45) is 0 Å². The van der Waals surface area contributed by atoms with Crippen molar-refractivity contribution in [1.29, 1.82) is 0 Å². The van der Waals surface area contributed by atoms with Crippen LogP contribution in [0.2, 0.25) is 0 Å². The fourth-order valence-electron chi connectivity index (χ4n) is 1.47. The maximum atomic E-state index is 12.4. The first-order valence-corrected chi connectivity index (χ1v) is 6.50. The largest absolute Gasteiger partial charge is 0.480 e. The van der Waals surface area contributed by atoms with Crippen molar-refractivity contribution in [3.8, 4) is 0 Å². The first kappa shape index (κ1) is 17.4. The predicted octanol–water partition coefficient (Wildman–Crippen LogP) is 0.840. The van der Waals surface area contributed by atoms with E-state index in [1.807, 2.05) is 11.4 Å². The van der Waals surface area contributed by atoms with E-state index in [4.69, 9.17) is 9.84 Å². The Morgan fingerprint density at radius 1 is 1.23 bits per heavy atom. The Balaban J connectivity index is 2.39. The van der Waals surface area contributed by atoms with Crippen LogP contribution < -0.4 is 10.6 Å². The van der Waals surface area contributed by atoms with Crippen LogP contribution in [0.1, 0.15) is 12.5 Å². The number of benzene rings is 1. The van der Waals surface area contributed by atoms with Crippen molar-refractivity contribution in [1.82, 2.24) is 10.6 Å². The maximum absolute atomic E-state index is 12.4. The molecule has 0 aliphatic rings. The molecule has 0 unspecified atom stereocenters. The molecular formula is C14H17FN2O5. The van der Waals surface area contributed by atoms with Gasteiger partial charge < -0.3 is 20.5 Å². The highest BCUT2D eigenvalue weighted by molar-refractivity contribution is 5.88. The third-order valence-corrected chi connectivity index (χ3v) is 2.71. The average molecular weight is 312 g/mol. The fraction of sp³-hybridized carbons (Fsp3) is 0.357. The quantitative estimate of drug-likeness (QED) is 0.692. The molecule has 120 valence electrons. The summed E-state index contributed by atoms with van der Waals surface area (Å²) in [6.07, 6.45) is -0.835. The molecule has 1 aromatic carbocycles. The lowest BCUT2D eigenvalue weighted by atomic mass is 10.2. The summed E-state index contributed by atoms with van der Waals surface area (Å²) in [6.45, 7) is 0.117. The van der Waals surface area contributed by atoms with Crippen LogP contribution in [0.15, 0.2) is 30.3 Å². The third-order valence-electron chi connectivity index (χ3n) is 2.71. The molecule has 0 saturated heterocycles. The van der Waals surface area contributed by atoms with Crippen LogP contribution in [0.25, 0.3) is 0 Å². The van der Waals surface area contributed by atoms with Crippen molar-refractivity contribution < 1.29 is 28.6 Å². The zero-order valence-electron chi connectivity index (χ0n) is 11.9. The Labute approximate surface area is 126 Å². The van der Waals surface area contributed by atoms with Crippen LogP contribution in [0.4, 0.5) is 9.18 Å². The Kier molecular flexibility index (Phi) is 6.81. The minimum absolute atomic E-state index is 0.0310. The van der Waals surface area contributed by atoms with Crippen molar-refractivity contribution in [2.75, 3.05) is 6.67 Å². The summed E-state index contributed by atoms with van der Waals surface area (Å²) in [5.41, 5.74) is 0.776. The van der Waals surface area contributed by atoms with E-state index in [1.54, 1.807) is 24.3 Å². The van der Waals surface area contributed by atoms with Crippen molar-refractivity contribution >= 4 is 18.0 Å². The highest BCUT2D eigenvalue weighted by Gasteiger charge is 2.23. The van der Waals surface area contributed by atoms with Gasteiger partial charge >= 0.3 is 12.1 Å². The molecule has 3 N–H and O–H groups in total. The van der Waals surface area contributed by atoms with Gasteiger partial charge in [0.2, 0.25) is 5.91 Å². The van der Waals surface area contributed by atoms with E-state index in [9.17, 15) is 18.8 Å².